The van der Waals surface area contributed by atoms with Crippen LogP contribution >= 0.6 is 11.8 Å². The van der Waals surface area contributed by atoms with Crippen LogP contribution in [0.5, 0.6) is 0 Å². The van der Waals surface area contributed by atoms with E-state index in [1.54, 1.807) is 18.2 Å². The molecule has 3 rings (SSSR count). The Morgan fingerprint density at radius 3 is 2.73 bits per heavy atom. The number of carbonyl (C=O) groups is 3. The molecule has 2 aromatic rings. The number of thioether (sulfide) groups is 1. The van der Waals surface area contributed by atoms with Crippen molar-refractivity contribution >= 4 is 35.2 Å². The van der Waals surface area contributed by atoms with Crippen molar-refractivity contribution in [2.75, 3.05) is 11.9 Å². The molecule has 134 valence electrons. The van der Waals surface area contributed by atoms with E-state index in [1.807, 2.05) is 37.3 Å². The smallest absolute Gasteiger partial charge is 0.338 e. The predicted molar refractivity (Wildman–Crippen MR) is 99.0 cm³/mol. The zero-order valence-electron chi connectivity index (χ0n) is 14.2. The third-order valence-electron chi connectivity index (χ3n) is 3.81. The molecule has 0 saturated heterocycles. The molecule has 1 aliphatic heterocycles. The first kappa shape index (κ1) is 18.0. The molecule has 2 aromatic carbocycles. The molecule has 0 fully saturated rings. The van der Waals surface area contributed by atoms with Crippen LogP contribution in [0.2, 0.25) is 0 Å². The van der Waals surface area contributed by atoms with Gasteiger partial charge >= 0.3 is 5.97 Å². The van der Waals surface area contributed by atoms with E-state index in [1.165, 1.54) is 11.8 Å². The summed E-state index contributed by atoms with van der Waals surface area (Å²) < 4.78 is 5.05. The van der Waals surface area contributed by atoms with Crippen molar-refractivity contribution in [3.63, 3.8) is 0 Å². The van der Waals surface area contributed by atoms with Gasteiger partial charge in [0.15, 0.2) is 6.61 Å². The molecule has 1 atom stereocenters. The third-order valence-corrected chi connectivity index (χ3v) is 4.99. The van der Waals surface area contributed by atoms with Crippen LogP contribution in [0.4, 0.5) is 5.69 Å². The maximum Gasteiger partial charge on any atom is 0.338 e. The van der Waals surface area contributed by atoms with Gasteiger partial charge in [-0.25, -0.2) is 4.79 Å². The van der Waals surface area contributed by atoms with Gasteiger partial charge in [0.05, 0.1) is 16.5 Å². The van der Waals surface area contributed by atoms with Gasteiger partial charge in [0, 0.05) is 11.4 Å². The molecule has 1 heterocycles. The number of hydrogen-bond donors (Lipinski definition) is 2. The van der Waals surface area contributed by atoms with E-state index in [9.17, 15) is 14.4 Å². The van der Waals surface area contributed by atoms with Gasteiger partial charge in [0.1, 0.15) is 0 Å². The number of esters is 1. The van der Waals surface area contributed by atoms with E-state index in [4.69, 9.17) is 4.74 Å². The van der Waals surface area contributed by atoms with Crippen molar-refractivity contribution in [2.45, 2.75) is 23.6 Å². The zero-order chi connectivity index (χ0) is 18.5. The molecule has 0 bridgehead atoms. The van der Waals surface area contributed by atoms with Gasteiger partial charge in [-0.1, -0.05) is 30.3 Å². The molecule has 0 unspecified atom stereocenters. The third kappa shape index (κ3) is 4.43. The molecule has 0 spiro atoms. The highest BCUT2D eigenvalue weighted by atomic mass is 32.2. The number of ether oxygens (including phenoxy) is 1. The number of rotatable bonds is 5. The summed E-state index contributed by atoms with van der Waals surface area (Å²) in [4.78, 5) is 36.6. The van der Waals surface area contributed by atoms with Gasteiger partial charge in [0.2, 0.25) is 5.91 Å². The lowest BCUT2D eigenvalue weighted by Gasteiger charge is -2.21. The Balaban J connectivity index is 1.53. The van der Waals surface area contributed by atoms with E-state index >= 15 is 0 Å². The summed E-state index contributed by atoms with van der Waals surface area (Å²) >= 11 is 1.43. The van der Waals surface area contributed by atoms with E-state index in [2.05, 4.69) is 10.6 Å². The summed E-state index contributed by atoms with van der Waals surface area (Å²) in [6.45, 7) is 1.83. The lowest BCUT2D eigenvalue weighted by Crippen LogP contribution is -2.28. The largest absolute Gasteiger partial charge is 0.452 e. The van der Waals surface area contributed by atoms with Crippen molar-refractivity contribution < 1.29 is 19.1 Å². The Bertz CT molecular complexity index is 839. The molecule has 1 aliphatic rings. The van der Waals surface area contributed by atoms with E-state index < -0.39 is 5.97 Å². The van der Waals surface area contributed by atoms with Crippen LogP contribution in [0.25, 0.3) is 0 Å². The van der Waals surface area contributed by atoms with Crippen molar-refractivity contribution in [1.29, 1.82) is 0 Å². The van der Waals surface area contributed by atoms with Crippen molar-refractivity contribution in [2.24, 2.45) is 0 Å². The zero-order valence-corrected chi connectivity index (χ0v) is 15.0. The Morgan fingerprint density at radius 2 is 1.96 bits per heavy atom. The van der Waals surface area contributed by atoms with Gasteiger partial charge < -0.3 is 15.4 Å². The second kappa shape index (κ2) is 8.05. The molecular formula is C19H18N2O4S. The topological polar surface area (TPSA) is 84.5 Å². The summed E-state index contributed by atoms with van der Waals surface area (Å²) in [7, 11) is 0. The van der Waals surface area contributed by atoms with Gasteiger partial charge in [-0.3, -0.25) is 9.59 Å². The molecule has 2 N–H and O–H groups in total. The van der Waals surface area contributed by atoms with E-state index in [0.717, 1.165) is 10.5 Å². The summed E-state index contributed by atoms with van der Waals surface area (Å²) in [5, 5.41) is 5.28. The number of benzene rings is 2. The van der Waals surface area contributed by atoms with Crippen molar-refractivity contribution in [3.05, 3.63) is 59.7 Å². The molecule has 0 aliphatic carbocycles. The molecule has 26 heavy (non-hydrogen) atoms. The average Bonchev–Trinajstić information content (AvgIpc) is 2.66. The standard InChI is InChI=1S/C19H18N2O4S/c1-12-18(23)21-15-9-14(7-8-16(15)26-12)19(24)25-11-17(22)20-10-13-5-3-2-4-6-13/h2-9,12H,10-11H2,1H3,(H,20,22)(H,21,23)/t12-/m0/s1. The number of amides is 2. The van der Waals surface area contributed by atoms with Crippen LogP contribution in [0.15, 0.2) is 53.4 Å². The van der Waals surface area contributed by atoms with E-state index in [-0.39, 0.29) is 29.2 Å². The molecule has 2 amide bonds. The summed E-state index contributed by atoms with van der Waals surface area (Å²) in [5.41, 5.74) is 1.83. The van der Waals surface area contributed by atoms with Crippen LogP contribution in [0.1, 0.15) is 22.8 Å². The first-order valence-corrected chi connectivity index (χ1v) is 9.00. The highest BCUT2D eigenvalue weighted by molar-refractivity contribution is 8.00. The highest BCUT2D eigenvalue weighted by Crippen LogP contribution is 2.35. The Hall–Kier alpha value is -2.80. The maximum atomic E-state index is 12.1. The highest BCUT2D eigenvalue weighted by Gasteiger charge is 2.24. The number of hydrogen-bond acceptors (Lipinski definition) is 5. The molecule has 0 saturated carbocycles. The first-order valence-electron chi connectivity index (χ1n) is 8.12. The van der Waals surface area contributed by atoms with Crippen LogP contribution in [-0.2, 0) is 20.9 Å². The van der Waals surface area contributed by atoms with Crippen LogP contribution in [0.3, 0.4) is 0 Å². The van der Waals surface area contributed by atoms with Crippen molar-refractivity contribution in [3.8, 4) is 0 Å². The van der Waals surface area contributed by atoms with Crippen LogP contribution in [-0.4, -0.2) is 29.6 Å². The molecule has 0 radical (unpaired) electrons. The fourth-order valence-electron chi connectivity index (χ4n) is 2.40. The molecular weight excluding hydrogens is 352 g/mol. The normalized spacial score (nSPS) is 15.6. The molecule has 0 aromatic heterocycles. The fraction of sp³-hybridized carbons (Fsp3) is 0.211. The van der Waals surface area contributed by atoms with Crippen LogP contribution in [0, 0.1) is 0 Å². The Morgan fingerprint density at radius 1 is 1.19 bits per heavy atom. The second-order valence-electron chi connectivity index (χ2n) is 5.80. The number of fused-ring (bicyclic) bond motifs is 1. The first-order chi connectivity index (χ1) is 12.5. The van der Waals surface area contributed by atoms with E-state index in [0.29, 0.717) is 12.2 Å². The molecule has 6 nitrogen and oxygen atoms in total. The monoisotopic (exact) mass is 370 g/mol. The minimum Gasteiger partial charge on any atom is -0.452 e. The van der Waals surface area contributed by atoms with Gasteiger partial charge in [-0.05, 0) is 30.7 Å². The minimum atomic E-state index is -0.611. The fourth-order valence-corrected chi connectivity index (χ4v) is 3.33. The Kier molecular flexibility index (Phi) is 5.58. The van der Waals surface area contributed by atoms with Crippen molar-refractivity contribution in [1.82, 2.24) is 5.32 Å². The summed E-state index contributed by atoms with van der Waals surface area (Å²) in [6, 6.07) is 14.4. The minimum absolute atomic E-state index is 0.103. The average molecular weight is 370 g/mol. The van der Waals surface area contributed by atoms with Gasteiger partial charge in [-0.2, -0.15) is 0 Å². The molecule has 7 heteroatoms. The number of carbonyl (C=O) groups excluding carboxylic acids is 3. The lowest BCUT2D eigenvalue weighted by atomic mass is 10.2. The second-order valence-corrected chi connectivity index (χ2v) is 7.18. The predicted octanol–water partition coefficient (Wildman–Crippen LogP) is 2.59. The Labute approximate surface area is 155 Å². The van der Waals surface area contributed by atoms with Gasteiger partial charge in [0.25, 0.3) is 5.91 Å². The lowest BCUT2D eigenvalue weighted by molar-refractivity contribution is -0.124. The number of anilines is 1. The quantitative estimate of drug-likeness (QED) is 0.791. The van der Waals surface area contributed by atoms with Crippen LogP contribution < -0.4 is 10.6 Å². The maximum absolute atomic E-state index is 12.1. The summed E-state index contributed by atoms with van der Waals surface area (Å²) in [5.74, 6) is -1.09. The number of nitrogens with one attached hydrogen (secondary N) is 2. The van der Waals surface area contributed by atoms with Gasteiger partial charge in [-0.15, -0.1) is 11.8 Å². The SMILES string of the molecule is C[C@@H]1Sc2ccc(C(=O)OCC(=O)NCc3ccccc3)cc2NC1=O. The summed E-state index contributed by atoms with van der Waals surface area (Å²) in [6.07, 6.45) is 0.